The molecule has 2 N–H and O–H groups in total. The Bertz CT molecular complexity index is 1080. The molecule has 172 valence electrons. The SMILES string of the molecule is CN1CCC(N(c2cn[nH]c2)S(=O)(=O)[N-]C(=O)Nc2c3c(cc4c2CCC4)CCC3)CC1.[Na+]. The van der Waals surface area contributed by atoms with E-state index in [2.05, 4.69) is 31.2 Å². The molecule has 2 aromatic rings. The van der Waals surface area contributed by atoms with Gasteiger partial charge in [-0.2, -0.15) is 5.10 Å². The zero-order valence-electron chi connectivity index (χ0n) is 19.3. The van der Waals surface area contributed by atoms with Crippen LogP contribution in [-0.4, -0.2) is 55.7 Å². The van der Waals surface area contributed by atoms with E-state index >= 15 is 0 Å². The topological polar surface area (TPSA) is 112 Å². The van der Waals surface area contributed by atoms with Crippen molar-refractivity contribution in [1.82, 2.24) is 15.1 Å². The fourth-order valence-electron chi connectivity index (χ4n) is 5.37. The summed E-state index contributed by atoms with van der Waals surface area (Å²) in [6.07, 6.45) is 10.2. The van der Waals surface area contributed by atoms with E-state index in [1.807, 2.05) is 7.05 Å². The van der Waals surface area contributed by atoms with E-state index in [0.717, 1.165) is 68.4 Å². The van der Waals surface area contributed by atoms with Gasteiger partial charge in [-0.1, -0.05) is 6.07 Å². The number of benzene rings is 1. The molecule has 11 heteroatoms. The van der Waals surface area contributed by atoms with Gasteiger partial charge in [-0.3, -0.25) is 14.2 Å². The average Bonchev–Trinajstić information content (AvgIpc) is 3.50. The second kappa shape index (κ2) is 9.95. The molecule has 2 heterocycles. The Labute approximate surface area is 217 Å². The first-order valence-corrected chi connectivity index (χ1v) is 12.7. The number of carbonyl (C=O) groups excluding carboxylic acids is 1. The number of H-pyrrole nitrogens is 1. The molecule has 0 spiro atoms. The van der Waals surface area contributed by atoms with Crippen molar-refractivity contribution < 1.29 is 42.8 Å². The number of likely N-dealkylation sites (tertiary alicyclic amines) is 1. The number of nitrogens with one attached hydrogen (secondary N) is 2. The van der Waals surface area contributed by atoms with Crippen LogP contribution < -0.4 is 39.2 Å². The number of aryl methyl sites for hydroxylation is 2. The summed E-state index contributed by atoms with van der Waals surface area (Å²) in [4.78, 5) is 15.1. The number of rotatable bonds is 5. The quantitative estimate of drug-likeness (QED) is 0.592. The minimum atomic E-state index is -4.24. The van der Waals surface area contributed by atoms with Crippen LogP contribution in [0.25, 0.3) is 4.72 Å². The number of urea groups is 1. The van der Waals surface area contributed by atoms with Crippen molar-refractivity contribution in [3.63, 3.8) is 0 Å². The second-order valence-corrected chi connectivity index (χ2v) is 10.5. The second-order valence-electron chi connectivity index (χ2n) is 9.02. The van der Waals surface area contributed by atoms with E-state index in [-0.39, 0.29) is 35.6 Å². The Morgan fingerprint density at radius 2 is 1.79 bits per heavy atom. The number of hydrogen-bond donors (Lipinski definition) is 2. The standard InChI is InChI=1S/C22H30N6O3S.Na/c1-27-10-8-17(9-11-27)28(18-13-23-24-14-18)32(30,31)26-22(29)25-21-19-6-2-4-15(19)12-16-5-3-7-20(16)21;/h12-14,17H,2-11H2,1H3,(H3,23,24,25,26,29);/q;+1/p-1. The molecule has 0 radical (unpaired) electrons. The van der Waals surface area contributed by atoms with Gasteiger partial charge in [0.2, 0.25) is 0 Å². The van der Waals surface area contributed by atoms with Gasteiger partial charge < -0.3 is 14.9 Å². The molecule has 1 saturated heterocycles. The summed E-state index contributed by atoms with van der Waals surface area (Å²) in [5.41, 5.74) is 6.04. The van der Waals surface area contributed by atoms with Crippen LogP contribution in [0.1, 0.15) is 47.9 Å². The third-order valence-corrected chi connectivity index (χ3v) is 8.31. The minimum Gasteiger partial charge on any atom is -0.423 e. The van der Waals surface area contributed by atoms with E-state index in [1.54, 1.807) is 0 Å². The van der Waals surface area contributed by atoms with Gasteiger partial charge in [-0.15, -0.1) is 0 Å². The third-order valence-electron chi connectivity index (χ3n) is 6.91. The van der Waals surface area contributed by atoms with Crippen LogP contribution in [0.15, 0.2) is 18.5 Å². The molecule has 1 aromatic carbocycles. The Morgan fingerprint density at radius 3 is 2.36 bits per heavy atom. The van der Waals surface area contributed by atoms with E-state index < -0.39 is 16.2 Å². The van der Waals surface area contributed by atoms with Crippen molar-refractivity contribution in [3.05, 3.63) is 45.4 Å². The van der Waals surface area contributed by atoms with Crippen molar-refractivity contribution in [2.75, 3.05) is 29.8 Å². The van der Waals surface area contributed by atoms with Crippen molar-refractivity contribution in [1.29, 1.82) is 0 Å². The Morgan fingerprint density at radius 1 is 1.15 bits per heavy atom. The molecular formula is C22H29N6NaO3S. The molecule has 9 nitrogen and oxygen atoms in total. The summed E-state index contributed by atoms with van der Waals surface area (Å²) in [6, 6.07) is 1.17. The van der Waals surface area contributed by atoms with Crippen LogP contribution >= 0.6 is 0 Å². The molecule has 1 fully saturated rings. The number of amides is 2. The molecule has 0 unspecified atom stereocenters. The minimum absolute atomic E-state index is 0. The Balaban J connectivity index is 0.00000259. The van der Waals surface area contributed by atoms with Crippen LogP contribution in [0.2, 0.25) is 0 Å². The molecule has 0 atom stereocenters. The average molecular weight is 481 g/mol. The van der Waals surface area contributed by atoms with Gasteiger partial charge in [0.1, 0.15) is 0 Å². The number of hydrogen-bond acceptors (Lipinski definition) is 5. The van der Waals surface area contributed by atoms with Crippen molar-refractivity contribution >= 4 is 27.6 Å². The monoisotopic (exact) mass is 480 g/mol. The molecule has 5 rings (SSSR count). The fourth-order valence-corrected chi connectivity index (χ4v) is 6.67. The number of carbonyl (C=O) groups is 1. The predicted molar refractivity (Wildman–Crippen MR) is 123 cm³/mol. The van der Waals surface area contributed by atoms with Gasteiger partial charge >= 0.3 is 29.6 Å². The summed E-state index contributed by atoms with van der Waals surface area (Å²) in [6.45, 7) is 1.56. The smallest absolute Gasteiger partial charge is 0.423 e. The van der Waals surface area contributed by atoms with Crippen molar-refractivity contribution in [3.8, 4) is 0 Å². The number of piperidine rings is 1. The fraction of sp³-hybridized carbons (Fsp3) is 0.545. The van der Waals surface area contributed by atoms with Crippen LogP contribution in [0.3, 0.4) is 0 Å². The molecule has 33 heavy (non-hydrogen) atoms. The summed E-state index contributed by atoms with van der Waals surface area (Å²) in [5, 5.41) is 9.45. The predicted octanol–water partition coefficient (Wildman–Crippen LogP) is 0.142. The van der Waals surface area contributed by atoms with Gasteiger partial charge in [-0.05, 0) is 99.4 Å². The number of aromatic amines is 1. The van der Waals surface area contributed by atoms with E-state index in [4.69, 9.17) is 0 Å². The first kappa shape index (κ1) is 24.5. The number of anilines is 2. The van der Waals surface area contributed by atoms with Crippen LogP contribution in [0.5, 0.6) is 0 Å². The molecule has 1 aliphatic heterocycles. The Hall–Kier alpha value is -1.59. The molecule has 2 amide bonds. The number of nitrogens with zero attached hydrogens (tertiary/aromatic N) is 4. The van der Waals surface area contributed by atoms with E-state index in [0.29, 0.717) is 18.5 Å². The summed E-state index contributed by atoms with van der Waals surface area (Å²) >= 11 is 0. The summed E-state index contributed by atoms with van der Waals surface area (Å²) < 4.78 is 31.6. The molecule has 3 aliphatic rings. The van der Waals surface area contributed by atoms with Gasteiger partial charge in [0.15, 0.2) is 6.03 Å². The molecule has 2 aliphatic carbocycles. The summed E-state index contributed by atoms with van der Waals surface area (Å²) in [5.74, 6) is 0. The first-order chi connectivity index (χ1) is 15.4. The zero-order chi connectivity index (χ0) is 22.3. The molecule has 0 saturated carbocycles. The maximum absolute atomic E-state index is 13.3. The van der Waals surface area contributed by atoms with Gasteiger partial charge in [0.25, 0.3) is 10.2 Å². The summed E-state index contributed by atoms with van der Waals surface area (Å²) in [7, 11) is -2.23. The van der Waals surface area contributed by atoms with E-state index in [1.165, 1.54) is 27.8 Å². The zero-order valence-corrected chi connectivity index (χ0v) is 22.1. The van der Waals surface area contributed by atoms with Gasteiger partial charge in [-0.25, -0.2) is 8.42 Å². The number of aromatic nitrogens is 2. The maximum Gasteiger partial charge on any atom is 1.00 e. The van der Waals surface area contributed by atoms with Crippen LogP contribution in [0, 0.1) is 0 Å². The Kier molecular flexibility index (Phi) is 7.40. The largest absolute Gasteiger partial charge is 1.00 e. The molecule has 0 bridgehead atoms. The van der Waals surface area contributed by atoms with Gasteiger partial charge in [0.05, 0.1) is 11.9 Å². The van der Waals surface area contributed by atoms with Gasteiger partial charge in [0, 0.05) is 12.2 Å². The van der Waals surface area contributed by atoms with Crippen molar-refractivity contribution in [2.45, 2.75) is 57.4 Å². The maximum atomic E-state index is 13.3. The molecule has 1 aromatic heterocycles. The first-order valence-electron chi connectivity index (χ1n) is 11.3. The van der Waals surface area contributed by atoms with Crippen LogP contribution in [0.4, 0.5) is 16.2 Å². The third kappa shape index (κ3) is 4.95. The number of fused-ring (bicyclic) bond motifs is 2. The van der Waals surface area contributed by atoms with Crippen LogP contribution in [-0.2, 0) is 35.9 Å². The normalized spacial score (nSPS) is 18.3. The van der Waals surface area contributed by atoms with E-state index in [9.17, 15) is 13.2 Å². The molecular weight excluding hydrogens is 451 g/mol. The van der Waals surface area contributed by atoms with Crippen molar-refractivity contribution in [2.24, 2.45) is 0 Å².